The molecular formula is C68H53BBrCoF20N4-. The number of benzene rings is 7. The predicted molar refractivity (Wildman–Crippen MR) is 325 cm³/mol. The van der Waals surface area contributed by atoms with Crippen molar-refractivity contribution in [3.8, 4) is 0 Å². The standard InChI is InChI=1S/C33H43N3.C24BF20.C6H5Br.C5H5N.Co/c1-20(2)26-14-11-15-27(21(3)4)32(26)34-24(9)30-18-13-19-31(36-30)25(10)35-33-28(22(5)6)16-12-17-29(33)23(7)8;26-5-1(6(27)14(35)21(42)13(5)34)25(2-7(28)15(36)22(43)16(37)8(2)29,3-9(30)17(38)23(44)18(39)10(3)31)4-11(32)19(40)24(45)20(41)12(4)33;7-6-4-2-1-3-5-6;1-2-4-6-5-3-1;/h11-23H,1-10H3;;1-5H;1-5H;/q;-1;;;. The van der Waals surface area contributed by atoms with Crippen LogP contribution >= 0.6 is 15.9 Å². The van der Waals surface area contributed by atoms with Crippen molar-refractivity contribution in [2.24, 2.45) is 9.98 Å². The van der Waals surface area contributed by atoms with Crippen molar-refractivity contribution in [2.75, 3.05) is 0 Å². The number of para-hydroxylation sites is 2. The Morgan fingerprint density at radius 1 is 0.316 bits per heavy atom. The molecule has 0 atom stereocenters. The van der Waals surface area contributed by atoms with Gasteiger partial charge >= 0.3 is 0 Å². The number of hydrogen-bond acceptors (Lipinski definition) is 4. The molecule has 0 bridgehead atoms. The summed E-state index contributed by atoms with van der Waals surface area (Å²) in [5, 5.41) is 0. The average Bonchev–Trinajstić information content (AvgIpc) is 0.682. The Hall–Kier alpha value is -8.17. The maximum absolute atomic E-state index is 15.4. The maximum atomic E-state index is 15.4. The Morgan fingerprint density at radius 2 is 0.537 bits per heavy atom. The minimum absolute atomic E-state index is 0. The summed E-state index contributed by atoms with van der Waals surface area (Å²) in [6.45, 7) is 22.0. The Bertz CT molecular complexity index is 3770. The monoisotopic (exact) mass is 1450 g/mol. The minimum atomic E-state index is -7.22. The fourth-order valence-electron chi connectivity index (χ4n) is 10.2. The molecule has 1 radical (unpaired) electrons. The zero-order chi connectivity index (χ0) is 70.3. The van der Waals surface area contributed by atoms with Gasteiger partial charge in [-0.15, -0.1) is 21.9 Å². The second-order valence-electron chi connectivity index (χ2n) is 22.1. The first-order chi connectivity index (χ1) is 44.1. The molecule has 27 heteroatoms. The molecule has 0 saturated heterocycles. The van der Waals surface area contributed by atoms with Crippen molar-refractivity contribution < 1.29 is 105 Å². The van der Waals surface area contributed by atoms with Gasteiger partial charge in [0.1, 0.15) is 52.7 Å². The average molecular weight is 1460 g/mol. The molecule has 505 valence electrons. The molecule has 7 aromatic carbocycles. The van der Waals surface area contributed by atoms with Crippen LogP contribution in [0.25, 0.3) is 0 Å². The summed E-state index contributed by atoms with van der Waals surface area (Å²) in [6.07, 6.45) is -3.72. The largest absolute Gasteiger partial charge is 0.265 e. The first-order valence-electron chi connectivity index (χ1n) is 28.2. The number of nitrogens with zero attached hydrogens (tertiary/aromatic N) is 4. The normalized spacial score (nSPS) is 11.7. The van der Waals surface area contributed by atoms with E-state index in [0.29, 0.717) is 23.7 Å². The van der Waals surface area contributed by atoms with E-state index in [0.717, 1.165) is 38.7 Å². The third kappa shape index (κ3) is 15.7. The van der Waals surface area contributed by atoms with Crippen molar-refractivity contribution in [1.82, 2.24) is 9.97 Å². The number of aliphatic imine (C=N–C) groups is 2. The summed E-state index contributed by atoms with van der Waals surface area (Å²) in [5.74, 6) is -69.8. The van der Waals surface area contributed by atoms with Crippen LogP contribution in [-0.4, -0.2) is 27.5 Å². The Kier molecular flexibility index (Phi) is 26.5. The van der Waals surface area contributed by atoms with E-state index in [9.17, 15) is 52.7 Å². The van der Waals surface area contributed by atoms with Crippen molar-refractivity contribution in [2.45, 2.75) is 92.9 Å². The summed E-state index contributed by atoms with van der Waals surface area (Å²) in [7, 11) is 0. The Morgan fingerprint density at radius 3 is 0.726 bits per heavy atom. The van der Waals surface area contributed by atoms with Gasteiger partial charge in [-0.1, -0.05) is 138 Å². The zero-order valence-corrected chi connectivity index (χ0v) is 54.0. The maximum Gasteiger partial charge on any atom is 0.200 e. The number of aromatic nitrogens is 2. The summed E-state index contributed by atoms with van der Waals surface area (Å²) in [4.78, 5) is 19.1. The molecule has 0 aliphatic heterocycles. The second-order valence-corrected chi connectivity index (χ2v) is 23.0. The van der Waals surface area contributed by atoms with Gasteiger partial charge in [0, 0.05) is 33.6 Å². The molecule has 9 rings (SSSR count). The van der Waals surface area contributed by atoms with Crippen LogP contribution in [0, 0.1) is 116 Å². The van der Waals surface area contributed by atoms with E-state index in [1.807, 2.05) is 60.7 Å². The van der Waals surface area contributed by atoms with Crippen LogP contribution in [0.15, 0.2) is 130 Å². The molecule has 2 heterocycles. The molecule has 4 nitrogen and oxygen atoms in total. The minimum Gasteiger partial charge on any atom is -0.265 e. The van der Waals surface area contributed by atoms with E-state index in [-0.39, 0.29) is 16.8 Å². The van der Waals surface area contributed by atoms with E-state index < -0.39 is 144 Å². The van der Waals surface area contributed by atoms with E-state index in [4.69, 9.17) is 15.0 Å². The van der Waals surface area contributed by atoms with Crippen molar-refractivity contribution >= 4 is 66.7 Å². The van der Waals surface area contributed by atoms with Crippen LogP contribution in [0.4, 0.5) is 99.2 Å². The van der Waals surface area contributed by atoms with Crippen LogP contribution in [0.2, 0.25) is 0 Å². The van der Waals surface area contributed by atoms with E-state index in [2.05, 4.69) is 133 Å². The molecule has 0 spiro atoms. The number of rotatable bonds is 12. The van der Waals surface area contributed by atoms with Gasteiger partial charge in [-0.2, -0.15) is 0 Å². The summed E-state index contributed by atoms with van der Waals surface area (Å²) in [5.41, 5.74) is -3.42. The molecule has 0 saturated carbocycles. The van der Waals surface area contributed by atoms with Crippen LogP contribution in [0.1, 0.15) is 127 Å². The first-order valence-corrected chi connectivity index (χ1v) is 29.0. The smallest absolute Gasteiger partial charge is 0.200 e. The fraction of sp³-hybridized carbons (Fsp3) is 0.206. The Balaban J connectivity index is 0.000000289. The molecule has 0 N–H and O–H groups in total. The van der Waals surface area contributed by atoms with Crippen LogP contribution < -0.4 is 21.9 Å². The quantitative estimate of drug-likeness (QED) is 0.0402. The van der Waals surface area contributed by atoms with Gasteiger partial charge in [-0.05, 0) is 96.2 Å². The SMILES string of the molecule is Brc1ccccc1.CC(=Nc1c(C(C)C)cccc1C(C)C)c1cccc(C(C)=Nc2c(C(C)C)cccc2C(C)C)n1.Fc1c(F)c(F)c([B-](c2c(F)c(F)c(F)c(F)c2F)(c2c(F)c(F)c(F)c(F)c2F)c2c(F)c(F)c(F)c(F)c2F)c(F)c1F.[Co].c1ccncc1. The van der Waals surface area contributed by atoms with Gasteiger partial charge in [0.15, 0.2) is 69.8 Å². The van der Waals surface area contributed by atoms with Crippen molar-refractivity contribution in [3.63, 3.8) is 0 Å². The molecule has 9 aromatic rings. The van der Waals surface area contributed by atoms with Crippen LogP contribution in [0.3, 0.4) is 0 Å². The van der Waals surface area contributed by atoms with Gasteiger partial charge in [-0.25, -0.2) is 92.8 Å². The van der Waals surface area contributed by atoms with Crippen LogP contribution in [-0.2, 0) is 16.8 Å². The van der Waals surface area contributed by atoms with E-state index in [1.54, 1.807) is 12.4 Å². The number of halogens is 21. The first kappa shape index (κ1) is 77.5. The van der Waals surface area contributed by atoms with E-state index >= 15 is 35.1 Å². The van der Waals surface area contributed by atoms with Gasteiger partial charge < -0.3 is 0 Å². The number of hydrogen-bond donors (Lipinski definition) is 0. The fourth-order valence-corrected chi connectivity index (χ4v) is 10.5. The van der Waals surface area contributed by atoms with Gasteiger partial charge in [-0.3, -0.25) is 15.0 Å². The van der Waals surface area contributed by atoms with Gasteiger partial charge in [0.2, 0.25) is 0 Å². The van der Waals surface area contributed by atoms with Crippen LogP contribution in [0.5, 0.6) is 0 Å². The molecule has 0 aliphatic carbocycles. The predicted octanol–water partition coefficient (Wildman–Crippen LogP) is 19.2. The van der Waals surface area contributed by atoms with Gasteiger partial charge in [0.25, 0.3) is 0 Å². The summed E-state index contributed by atoms with van der Waals surface area (Å²) in [6, 6.07) is 34.9. The Labute approximate surface area is 551 Å². The topological polar surface area (TPSA) is 50.5 Å². The zero-order valence-electron chi connectivity index (χ0n) is 51.4. The molecule has 0 fully saturated rings. The molecule has 0 aliphatic rings. The third-order valence-electron chi connectivity index (χ3n) is 14.7. The molecule has 0 amide bonds. The molecule has 0 unspecified atom stereocenters. The summed E-state index contributed by atoms with van der Waals surface area (Å²) < 4.78 is 295. The van der Waals surface area contributed by atoms with Crippen molar-refractivity contribution in [1.29, 1.82) is 0 Å². The second kappa shape index (κ2) is 32.5. The molecule has 2 aromatic heterocycles. The van der Waals surface area contributed by atoms with E-state index in [1.165, 1.54) is 22.3 Å². The third-order valence-corrected chi connectivity index (χ3v) is 15.3. The number of pyridine rings is 2. The van der Waals surface area contributed by atoms with Crippen molar-refractivity contribution in [3.05, 3.63) is 270 Å². The van der Waals surface area contributed by atoms with Gasteiger partial charge in [0.05, 0.1) is 34.2 Å². The summed E-state index contributed by atoms with van der Waals surface area (Å²) >= 11 is 3.31. The molecular weight excluding hydrogens is 1400 g/mol. The molecule has 95 heavy (non-hydrogen) atoms.